The summed E-state index contributed by atoms with van der Waals surface area (Å²) in [7, 11) is 0. The third-order valence-corrected chi connectivity index (χ3v) is 11.0. The van der Waals surface area contributed by atoms with Gasteiger partial charge < -0.3 is 24.5 Å². The fourth-order valence-corrected chi connectivity index (χ4v) is 6.68. The Labute approximate surface area is 311 Å². The SMILES string of the molecule is CC1C(Cl)=C(Cl)C(=O)N1CCN1CCOCC1.CC1C(Cl)=C(Cl)C(=O)N1CCS.O=C1C(Cl)=C(Cl)C(O)N1CCCc1ccccc1. The van der Waals surface area contributed by atoms with Gasteiger partial charge in [-0.05, 0) is 32.3 Å². The molecular formula is C31H38Cl6N4O5S. The zero-order valence-corrected chi connectivity index (χ0v) is 31.4. The Hall–Kier alpha value is -1.18. The van der Waals surface area contributed by atoms with Crippen LogP contribution in [0.15, 0.2) is 60.5 Å². The first-order valence-corrected chi connectivity index (χ1v) is 17.9. The number of thiol groups is 1. The number of carbonyl (C=O) groups excluding carboxylic acids is 3. The number of ether oxygens (including phenoxy) is 1. The number of carbonyl (C=O) groups is 3. The first-order chi connectivity index (χ1) is 22.3. The maximum atomic E-state index is 11.8. The second-order valence-electron chi connectivity index (χ2n) is 11.0. The second-order valence-corrected chi connectivity index (χ2v) is 13.8. The van der Waals surface area contributed by atoms with Crippen LogP contribution in [-0.2, 0) is 25.5 Å². The van der Waals surface area contributed by atoms with Gasteiger partial charge in [0, 0.05) is 45.0 Å². The Morgan fingerprint density at radius 3 is 1.66 bits per heavy atom. The highest BCUT2D eigenvalue weighted by atomic mass is 35.5. The van der Waals surface area contributed by atoms with Gasteiger partial charge >= 0.3 is 0 Å². The number of hydrogen-bond acceptors (Lipinski definition) is 7. The van der Waals surface area contributed by atoms with E-state index in [0.717, 1.165) is 45.7 Å². The standard InChI is InChI=1S/C13H13Cl2NO2.C11H16Cl2N2O2.C7H9Cl2NOS/c14-10-11(15)13(18)16(12(10)17)8-4-7-9-5-2-1-3-6-9;1-8-9(12)10(13)11(16)15(8)3-2-14-4-6-17-7-5-14;1-4-5(8)6(9)7(11)10(4)2-3-12/h1-3,5-6,12,17H,4,7-8H2;8H,2-7H2,1H3;4,12H,2-3H2,1H3. The lowest BCUT2D eigenvalue weighted by atomic mass is 10.1. The third kappa shape index (κ3) is 10.4. The number of aliphatic hydroxyl groups is 1. The van der Waals surface area contributed by atoms with Crippen molar-refractivity contribution < 1.29 is 24.2 Å². The van der Waals surface area contributed by atoms with Gasteiger partial charge in [-0.2, -0.15) is 12.6 Å². The molecule has 0 bridgehead atoms. The average molecular weight is 791 g/mol. The number of halogens is 6. The topological polar surface area (TPSA) is 93.6 Å². The molecular weight excluding hydrogens is 753 g/mol. The summed E-state index contributed by atoms with van der Waals surface area (Å²) in [5, 5.41) is 10.9. The smallest absolute Gasteiger partial charge is 0.269 e. The average Bonchev–Trinajstić information content (AvgIpc) is 3.48. The maximum absolute atomic E-state index is 11.8. The number of aliphatic hydroxyl groups excluding tert-OH is 1. The minimum absolute atomic E-state index is 0.0152. The van der Waals surface area contributed by atoms with E-state index in [0.29, 0.717) is 35.5 Å². The minimum atomic E-state index is -1.09. The lowest BCUT2D eigenvalue weighted by Crippen LogP contribution is -2.43. The van der Waals surface area contributed by atoms with Crippen LogP contribution in [0.4, 0.5) is 0 Å². The fraction of sp³-hybridized carbons (Fsp3) is 0.516. The molecule has 1 saturated heterocycles. The summed E-state index contributed by atoms with van der Waals surface area (Å²) in [6.07, 6.45) is 0.496. The van der Waals surface area contributed by atoms with E-state index in [1.165, 1.54) is 10.5 Å². The monoisotopic (exact) mass is 788 g/mol. The van der Waals surface area contributed by atoms with Crippen molar-refractivity contribution >= 4 is 100.0 Å². The number of hydrogen-bond donors (Lipinski definition) is 2. The largest absolute Gasteiger partial charge is 0.379 e. The molecule has 4 aliphatic rings. The summed E-state index contributed by atoms with van der Waals surface area (Å²) in [5.41, 5.74) is 1.20. The normalized spacial score (nSPS) is 23.6. The molecule has 0 aromatic heterocycles. The summed E-state index contributed by atoms with van der Waals surface area (Å²) in [4.78, 5) is 41.7. The molecule has 1 aromatic rings. The lowest BCUT2D eigenvalue weighted by molar-refractivity contribution is -0.131. The molecule has 260 valence electrons. The molecule has 1 N–H and O–H groups in total. The molecule has 4 heterocycles. The van der Waals surface area contributed by atoms with Crippen LogP contribution in [0.25, 0.3) is 0 Å². The molecule has 3 amide bonds. The molecule has 9 nitrogen and oxygen atoms in total. The molecule has 0 spiro atoms. The Balaban J connectivity index is 0.000000196. The van der Waals surface area contributed by atoms with Crippen molar-refractivity contribution in [2.24, 2.45) is 0 Å². The van der Waals surface area contributed by atoms with Crippen LogP contribution in [0.2, 0.25) is 0 Å². The van der Waals surface area contributed by atoms with Crippen LogP contribution in [0, 0.1) is 0 Å². The van der Waals surface area contributed by atoms with Gasteiger partial charge in [-0.15, -0.1) is 0 Å². The Morgan fingerprint density at radius 2 is 1.21 bits per heavy atom. The van der Waals surface area contributed by atoms with E-state index in [-0.39, 0.29) is 44.0 Å². The molecule has 1 aromatic carbocycles. The highest BCUT2D eigenvalue weighted by Crippen LogP contribution is 2.32. The van der Waals surface area contributed by atoms with Crippen molar-refractivity contribution in [2.75, 3.05) is 58.2 Å². The lowest BCUT2D eigenvalue weighted by Gasteiger charge is -2.30. The van der Waals surface area contributed by atoms with Crippen LogP contribution in [0.1, 0.15) is 25.8 Å². The second kappa shape index (κ2) is 19.3. The zero-order chi connectivity index (χ0) is 34.8. The first-order valence-electron chi connectivity index (χ1n) is 15.0. The Morgan fingerprint density at radius 1 is 0.723 bits per heavy atom. The van der Waals surface area contributed by atoms with E-state index < -0.39 is 12.1 Å². The van der Waals surface area contributed by atoms with Crippen LogP contribution in [0.5, 0.6) is 0 Å². The van der Waals surface area contributed by atoms with E-state index in [2.05, 4.69) is 17.5 Å². The molecule has 4 aliphatic heterocycles. The van der Waals surface area contributed by atoms with E-state index >= 15 is 0 Å². The van der Waals surface area contributed by atoms with Gasteiger partial charge in [0.1, 0.15) is 15.1 Å². The summed E-state index contributed by atoms with van der Waals surface area (Å²) >= 11 is 38.8. The number of nitrogens with zero attached hydrogens (tertiary/aromatic N) is 4. The number of morpholine rings is 1. The van der Waals surface area contributed by atoms with Gasteiger partial charge in [0.05, 0.1) is 40.4 Å². The van der Waals surface area contributed by atoms with E-state index in [1.54, 1.807) is 9.80 Å². The molecule has 5 rings (SSSR count). The number of amides is 3. The molecule has 0 aliphatic carbocycles. The summed E-state index contributed by atoms with van der Waals surface area (Å²) < 4.78 is 5.28. The van der Waals surface area contributed by atoms with Crippen molar-refractivity contribution in [2.45, 2.75) is 45.0 Å². The summed E-state index contributed by atoms with van der Waals surface area (Å²) in [6.45, 7) is 9.63. The molecule has 0 saturated carbocycles. The summed E-state index contributed by atoms with van der Waals surface area (Å²) in [5.74, 6) is -0.132. The van der Waals surface area contributed by atoms with Crippen molar-refractivity contribution in [1.82, 2.24) is 19.6 Å². The van der Waals surface area contributed by atoms with Crippen LogP contribution >= 0.6 is 82.2 Å². The van der Waals surface area contributed by atoms with E-state index in [9.17, 15) is 19.5 Å². The van der Waals surface area contributed by atoms with Gasteiger partial charge in [-0.25, -0.2) is 0 Å². The van der Waals surface area contributed by atoms with Gasteiger partial charge in [-0.3, -0.25) is 19.3 Å². The highest BCUT2D eigenvalue weighted by Gasteiger charge is 2.37. The van der Waals surface area contributed by atoms with Crippen LogP contribution < -0.4 is 0 Å². The fourth-order valence-electron chi connectivity index (χ4n) is 5.13. The van der Waals surface area contributed by atoms with Crippen molar-refractivity contribution in [3.05, 3.63) is 66.1 Å². The van der Waals surface area contributed by atoms with Crippen molar-refractivity contribution in [3.8, 4) is 0 Å². The predicted octanol–water partition coefficient (Wildman–Crippen LogP) is 5.54. The quantitative estimate of drug-likeness (QED) is 0.320. The van der Waals surface area contributed by atoms with Gasteiger partial charge in [0.2, 0.25) is 0 Å². The Bertz CT molecular complexity index is 1380. The molecule has 3 unspecified atom stereocenters. The molecule has 16 heteroatoms. The van der Waals surface area contributed by atoms with E-state index in [4.69, 9.17) is 74.3 Å². The number of benzene rings is 1. The van der Waals surface area contributed by atoms with Crippen molar-refractivity contribution in [3.63, 3.8) is 0 Å². The zero-order valence-electron chi connectivity index (χ0n) is 26.0. The highest BCUT2D eigenvalue weighted by molar-refractivity contribution is 7.80. The molecule has 0 radical (unpaired) electrons. The summed E-state index contributed by atoms with van der Waals surface area (Å²) in [6, 6.07) is 9.76. The van der Waals surface area contributed by atoms with Gasteiger partial charge in [-0.1, -0.05) is 99.9 Å². The minimum Gasteiger partial charge on any atom is -0.379 e. The van der Waals surface area contributed by atoms with Gasteiger partial charge in [0.15, 0.2) is 6.23 Å². The number of aryl methyl sites for hydroxylation is 1. The molecule has 47 heavy (non-hydrogen) atoms. The number of rotatable bonds is 9. The van der Waals surface area contributed by atoms with E-state index in [1.807, 2.05) is 44.2 Å². The van der Waals surface area contributed by atoms with Gasteiger partial charge in [0.25, 0.3) is 17.7 Å². The third-order valence-electron chi connectivity index (χ3n) is 7.97. The Kier molecular flexibility index (Phi) is 16.5. The van der Waals surface area contributed by atoms with Crippen LogP contribution in [0.3, 0.4) is 0 Å². The van der Waals surface area contributed by atoms with Crippen molar-refractivity contribution in [1.29, 1.82) is 0 Å². The predicted molar refractivity (Wildman–Crippen MR) is 192 cm³/mol. The molecule has 3 atom stereocenters. The van der Waals surface area contributed by atoms with Crippen LogP contribution in [-0.4, -0.2) is 119 Å². The molecule has 1 fully saturated rings. The maximum Gasteiger partial charge on any atom is 0.269 e. The first kappa shape index (κ1) is 40.3.